The first kappa shape index (κ1) is 94.2. The van der Waals surface area contributed by atoms with Gasteiger partial charge in [-0.15, -0.1) is 0 Å². The minimum atomic E-state index is -1.58. The Kier molecular flexibility index (Phi) is 33.2. The van der Waals surface area contributed by atoms with E-state index in [1.807, 2.05) is 74.9 Å². The van der Waals surface area contributed by atoms with Gasteiger partial charge in [-0.25, -0.2) is 14.4 Å². The number of nitrogens with one attached hydrogen (secondary N) is 7. The molecule has 0 radical (unpaired) electrons. The lowest BCUT2D eigenvalue weighted by molar-refractivity contribution is -0.155. The van der Waals surface area contributed by atoms with E-state index in [9.17, 15) is 38.7 Å². The van der Waals surface area contributed by atoms with E-state index >= 15 is 28.8 Å². The number of carboxylic acid groups (broad SMARTS) is 1. The number of ether oxygens (including phenoxy) is 5. The van der Waals surface area contributed by atoms with E-state index in [-0.39, 0.29) is 102 Å². The standard InChI is InChI=1S/C86H123N11O19S2/c1-50(2)45-62(90-72(100)63(46-52-47-97(82(111)116-86(13,14)15)65-32-23-22-27-53(52)65)92-81(110)112-48-58-56-30-20-18-28-54(56)55-29-19-21-31-57(55)58)71(99)91-64(49-113-83(4,5)6)73(101)93-70(51(3)114-84(7,8)9)79(107)96-42-26-35-68(96)75(103)87-59(36-37-69(98)115-85(10,11)12)77(105)94-40-24-33-66(94)74(102)88-60(38-43-117-16)78(106)95-41-25-34-67(95)76(104)89-61(80(108)109)39-44-118-17/h18-23,27-32,47,50-51,58-64,66-68,70H,24-26,33-46,48-49H2,1-17H3,(H,87,103)(H,88,102)(H,89,104)(H,90,100)(H,91,99)(H,92,110)(H,93,101)(H,108,109)/t51-,59+,60+,61+,62+,63+,64+,66+,67+,68+,70+/m1/s1. The van der Waals surface area contributed by atoms with Gasteiger partial charge in [0.05, 0.1) is 29.4 Å². The number of carbonyl (C=O) groups excluding carboxylic acids is 12. The van der Waals surface area contributed by atoms with Crippen molar-refractivity contribution in [1.29, 1.82) is 0 Å². The lowest BCUT2D eigenvalue weighted by atomic mass is 9.98. The van der Waals surface area contributed by atoms with E-state index in [2.05, 4.69) is 37.2 Å². The molecule has 0 saturated carbocycles. The van der Waals surface area contributed by atoms with Crippen molar-refractivity contribution in [2.24, 2.45) is 5.92 Å². The number of likely N-dealkylation sites (tertiary alicyclic amines) is 3. The number of alkyl carbamates (subject to hydrolysis) is 1. The van der Waals surface area contributed by atoms with Crippen molar-refractivity contribution in [2.75, 3.05) is 56.9 Å². The van der Waals surface area contributed by atoms with Crippen LogP contribution < -0.4 is 37.2 Å². The number of aromatic nitrogens is 1. The second-order valence-electron chi connectivity index (χ2n) is 35.1. The van der Waals surface area contributed by atoms with E-state index < -0.39 is 173 Å². The lowest BCUT2D eigenvalue weighted by Crippen LogP contribution is -2.63. The minimum absolute atomic E-state index is 0.00279. The lowest BCUT2D eigenvalue weighted by Gasteiger charge is -2.36. The first-order valence-corrected chi connectivity index (χ1v) is 43.7. The molecular weight excluding hydrogens is 1560 g/mol. The van der Waals surface area contributed by atoms with Gasteiger partial charge in [-0.3, -0.25) is 52.5 Å². The van der Waals surface area contributed by atoms with Crippen molar-refractivity contribution < 1.29 is 91.1 Å². The van der Waals surface area contributed by atoms with Gasteiger partial charge in [-0.2, -0.15) is 23.5 Å². The SMILES string of the molecule is CSCC[C@H](NC(=O)[C@@H]1CCCN1C(=O)[C@H](CCSC)NC(=O)[C@@H]1CCCN1C(=O)[C@H](CCC(=O)OC(C)(C)C)NC(=O)[C@@H]1CCCN1C(=O)[C@@H](NC(=O)[C@H](COC(C)(C)C)NC(=O)[C@H](CC(C)C)NC(=O)[C@H](Cc1cn(C(=O)OC(C)(C)C)c2ccccc12)NC(=O)OCC1c2ccccc2-c2ccccc21)[C@@H](C)OC(C)(C)C)C(=O)O. The molecule has 1 aliphatic carbocycles. The summed E-state index contributed by atoms with van der Waals surface area (Å²) in [5, 5.41) is 30.1. The van der Waals surface area contributed by atoms with Gasteiger partial charge >= 0.3 is 24.1 Å². The zero-order valence-corrected chi connectivity index (χ0v) is 73.0. The Hall–Kier alpha value is -9.27. The monoisotopic (exact) mass is 1680 g/mol. The third-order valence-electron chi connectivity index (χ3n) is 20.6. The highest BCUT2D eigenvalue weighted by atomic mass is 32.2. The molecule has 8 N–H and O–H groups in total. The molecule has 4 aromatic rings. The first-order valence-electron chi connectivity index (χ1n) is 40.9. The third-order valence-corrected chi connectivity index (χ3v) is 21.9. The number of fused-ring (bicyclic) bond motifs is 4. The van der Waals surface area contributed by atoms with Gasteiger partial charge in [0.25, 0.3) is 0 Å². The van der Waals surface area contributed by atoms with Crippen LogP contribution in [-0.4, -0.2) is 247 Å². The number of carboxylic acids is 1. The van der Waals surface area contributed by atoms with Gasteiger partial charge in [0.2, 0.25) is 53.2 Å². The smallest absolute Gasteiger partial charge is 0.419 e. The quantitative estimate of drug-likeness (QED) is 0.0156. The maximum Gasteiger partial charge on any atom is 0.419 e. The summed E-state index contributed by atoms with van der Waals surface area (Å²) >= 11 is 2.85. The van der Waals surface area contributed by atoms with Crippen molar-refractivity contribution >= 4 is 112 Å². The summed E-state index contributed by atoms with van der Waals surface area (Å²) in [6.45, 7) is 25.5. The largest absolute Gasteiger partial charge is 0.480 e. The number of hydrogen-bond donors (Lipinski definition) is 8. The second kappa shape index (κ2) is 41.6. The molecular formula is C86H123N11O19S2. The molecule has 3 fully saturated rings. The molecule has 11 atom stereocenters. The van der Waals surface area contributed by atoms with Gasteiger partial charge in [0, 0.05) is 50.0 Å². The Labute approximate surface area is 701 Å². The highest BCUT2D eigenvalue weighted by Crippen LogP contribution is 2.45. The van der Waals surface area contributed by atoms with Gasteiger partial charge in [0.1, 0.15) is 78.2 Å². The van der Waals surface area contributed by atoms with Crippen LogP contribution in [0.3, 0.4) is 0 Å². The third kappa shape index (κ3) is 26.4. The number of carbonyl (C=O) groups is 13. The van der Waals surface area contributed by atoms with Gasteiger partial charge < -0.3 is 80.7 Å². The normalized spacial score (nSPS) is 18.3. The van der Waals surface area contributed by atoms with Crippen LogP contribution in [0.5, 0.6) is 0 Å². The van der Waals surface area contributed by atoms with Crippen LogP contribution in [0.25, 0.3) is 22.0 Å². The van der Waals surface area contributed by atoms with Gasteiger partial charge in [-0.05, 0) is 218 Å². The zero-order valence-electron chi connectivity index (χ0n) is 71.3. The summed E-state index contributed by atoms with van der Waals surface area (Å²) in [6, 6.07) is 9.41. The number of para-hydroxylation sites is 1. The van der Waals surface area contributed by atoms with E-state index in [1.165, 1.54) is 49.0 Å². The topological polar surface area (TPSA) is 387 Å². The molecule has 118 heavy (non-hydrogen) atoms. The predicted molar refractivity (Wildman–Crippen MR) is 449 cm³/mol. The molecule has 1 aromatic heterocycles. The van der Waals surface area contributed by atoms with Crippen molar-refractivity contribution in [3.63, 3.8) is 0 Å². The number of aliphatic carboxylic acids is 1. The van der Waals surface area contributed by atoms with Crippen LogP contribution in [0.2, 0.25) is 0 Å². The molecule has 4 aliphatic rings. The molecule has 0 bridgehead atoms. The number of thioether (sulfide) groups is 2. The molecule has 3 aromatic carbocycles. The van der Waals surface area contributed by atoms with Gasteiger partial charge in [-0.1, -0.05) is 80.6 Å². The average molecular weight is 1680 g/mol. The summed E-state index contributed by atoms with van der Waals surface area (Å²) in [5.74, 6) is -8.33. The first-order chi connectivity index (χ1) is 55.5. The van der Waals surface area contributed by atoms with Crippen molar-refractivity contribution in [3.05, 3.63) is 95.7 Å². The summed E-state index contributed by atoms with van der Waals surface area (Å²) in [7, 11) is 0. The summed E-state index contributed by atoms with van der Waals surface area (Å²) in [6.07, 6.45) is 3.42. The summed E-state index contributed by atoms with van der Waals surface area (Å²) in [5.41, 5.74) is 1.18. The maximum absolute atomic E-state index is 15.6. The Morgan fingerprint density at radius 3 is 1.47 bits per heavy atom. The molecule has 4 heterocycles. The highest BCUT2D eigenvalue weighted by Gasteiger charge is 2.47. The number of nitrogens with zero attached hydrogens (tertiary/aromatic N) is 4. The van der Waals surface area contributed by atoms with E-state index in [4.69, 9.17) is 23.7 Å². The van der Waals surface area contributed by atoms with Crippen LogP contribution >= 0.6 is 23.5 Å². The fraction of sp³-hybridized carbons (Fsp3) is 0.616. The average Bonchev–Trinajstić information content (AvgIpc) is 1.61. The molecule has 0 unspecified atom stereocenters. The molecule has 32 heteroatoms. The Morgan fingerprint density at radius 2 is 0.975 bits per heavy atom. The van der Waals surface area contributed by atoms with Crippen LogP contribution in [0.15, 0.2) is 79.0 Å². The number of amides is 10. The molecule has 648 valence electrons. The Balaban J connectivity index is 1.03. The highest BCUT2D eigenvalue weighted by molar-refractivity contribution is 7.98. The van der Waals surface area contributed by atoms with Crippen molar-refractivity contribution in [2.45, 2.75) is 276 Å². The Morgan fingerprint density at radius 1 is 0.508 bits per heavy atom. The predicted octanol–water partition coefficient (Wildman–Crippen LogP) is 8.53. The van der Waals surface area contributed by atoms with Crippen LogP contribution in [-0.2, 0) is 82.8 Å². The Bertz CT molecular complexity index is 4210. The zero-order chi connectivity index (χ0) is 86.9. The molecule has 0 spiro atoms. The molecule has 8 rings (SSSR count). The van der Waals surface area contributed by atoms with E-state index in [0.717, 1.165) is 22.3 Å². The van der Waals surface area contributed by atoms with Crippen molar-refractivity contribution in [3.8, 4) is 11.1 Å². The maximum atomic E-state index is 15.6. The second-order valence-corrected chi connectivity index (χ2v) is 37.1. The number of rotatable bonds is 36. The fourth-order valence-corrected chi connectivity index (χ4v) is 16.2. The van der Waals surface area contributed by atoms with Crippen molar-refractivity contribution in [1.82, 2.24) is 56.5 Å². The number of hydrogen-bond acceptors (Lipinski definition) is 20. The summed E-state index contributed by atoms with van der Waals surface area (Å²) in [4.78, 5) is 192. The number of benzene rings is 3. The number of esters is 1. The van der Waals surface area contributed by atoms with E-state index in [0.29, 0.717) is 40.8 Å². The van der Waals surface area contributed by atoms with E-state index in [1.54, 1.807) is 114 Å². The van der Waals surface area contributed by atoms with Crippen LogP contribution in [0.1, 0.15) is 197 Å². The summed E-state index contributed by atoms with van der Waals surface area (Å²) < 4.78 is 31.4. The minimum Gasteiger partial charge on any atom is -0.480 e. The fourth-order valence-electron chi connectivity index (χ4n) is 15.3. The molecule has 3 aliphatic heterocycles. The van der Waals surface area contributed by atoms with Crippen LogP contribution in [0.4, 0.5) is 9.59 Å². The van der Waals surface area contributed by atoms with Gasteiger partial charge in [0.15, 0.2) is 0 Å². The molecule has 10 amide bonds. The molecule has 3 saturated heterocycles. The van der Waals surface area contributed by atoms with Crippen LogP contribution in [0, 0.1) is 5.92 Å². The molecule has 30 nitrogen and oxygen atoms in total.